The van der Waals surface area contributed by atoms with Gasteiger partial charge in [-0.05, 0) is 6.07 Å². The van der Waals surface area contributed by atoms with E-state index in [1.165, 1.54) is 29.6 Å². The number of nitro groups is 1. The number of nitrogens with zero attached hydrogens (tertiary/aromatic N) is 5. The zero-order valence-corrected chi connectivity index (χ0v) is 8.16. The van der Waals surface area contributed by atoms with Gasteiger partial charge < -0.3 is 0 Å². The van der Waals surface area contributed by atoms with Gasteiger partial charge in [0.25, 0.3) is 0 Å². The molecule has 0 fully saturated rings. The second-order valence-electron chi connectivity index (χ2n) is 2.52. The minimum absolute atomic E-state index is 0.0974. The summed E-state index contributed by atoms with van der Waals surface area (Å²) in [4.78, 5) is 10.7. The van der Waals surface area contributed by atoms with Crippen molar-refractivity contribution >= 4 is 22.6 Å². The van der Waals surface area contributed by atoms with Crippen LogP contribution in [0.5, 0.6) is 0 Å². The van der Waals surface area contributed by atoms with Crippen molar-refractivity contribution in [3.8, 4) is 0 Å². The van der Waals surface area contributed by atoms with E-state index in [0.29, 0.717) is 4.88 Å². The van der Waals surface area contributed by atoms with Crippen molar-refractivity contribution in [1.82, 2.24) is 14.9 Å². The summed E-state index contributed by atoms with van der Waals surface area (Å²) in [6, 6.07) is 3.08. The van der Waals surface area contributed by atoms with Crippen molar-refractivity contribution in [3.05, 3.63) is 39.8 Å². The second-order valence-corrected chi connectivity index (χ2v) is 3.61. The quantitative estimate of drug-likeness (QED) is 0.443. The van der Waals surface area contributed by atoms with Gasteiger partial charge in [0.05, 0.1) is 16.0 Å². The summed E-state index contributed by atoms with van der Waals surface area (Å²) in [5.74, 6) is 0. The molecule has 0 saturated heterocycles. The molecule has 8 heteroatoms. The topological polar surface area (TPSA) is 86.2 Å². The van der Waals surface area contributed by atoms with E-state index in [0.717, 1.165) is 11.3 Å². The third kappa shape index (κ3) is 2.23. The van der Waals surface area contributed by atoms with E-state index in [4.69, 9.17) is 0 Å². The highest BCUT2D eigenvalue weighted by Gasteiger charge is 2.07. The molecule has 0 amide bonds. The number of aromatic nitrogens is 3. The molecule has 0 aliphatic heterocycles. The van der Waals surface area contributed by atoms with Crippen LogP contribution in [0.2, 0.25) is 0 Å². The standard InChI is InChI=1S/C7H5N5O2S/c13-12(14)7-2-1-6(15-7)3-10-11-4-8-9-5-11/h1-5H. The minimum atomic E-state index is -0.430. The highest BCUT2D eigenvalue weighted by molar-refractivity contribution is 7.16. The first kappa shape index (κ1) is 9.46. The summed E-state index contributed by atoms with van der Waals surface area (Å²) in [5, 5.41) is 21.6. The Balaban J connectivity index is 2.14. The molecular weight excluding hydrogens is 218 g/mol. The maximum Gasteiger partial charge on any atom is 0.324 e. The van der Waals surface area contributed by atoms with Crippen molar-refractivity contribution in [2.75, 3.05) is 0 Å². The highest BCUT2D eigenvalue weighted by Crippen LogP contribution is 2.22. The monoisotopic (exact) mass is 223 g/mol. The summed E-state index contributed by atoms with van der Waals surface area (Å²) in [6.45, 7) is 0. The van der Waals surface area contributed by atoms with Crippen LogP contribution < -0.4 is 0 Å². The maximum absolute atomic E-state index is 10.4. The lowest BCUT2D eigenvalue weighted by molar-refractivity contribution is -0.380. The van der Waals surface area contributed by atoms with Gasteiger partial charge in [-0.2, -0.15) is 5.10 Å². The summed E-state index contributed by atoms with van der Waals surface area (Å²) >= 11 is 1.06. The Bertz CT molecular complexity index is 489. The molecule has 2 heterocycles. The van der Waals surface area contributed by atoms with E-state index in [1.807, 2.05) is 0 Å². The first-order valence-corrected chi connectivity index (χ1v) is 4.70. The van der Waals surface area contributed by atoms with Crippen LogP contribution in [0.1, 0.15) is 4.88 Å². The van der Waals surface area contributed by atoms with Crippen LogP contribution in [0.4, 0.5) is 5.00 Å². The average Bonchev–Trinajstić information content (AvgIpc) is 2.86. The molecule has 0 aliphatic rings. The predicted molar refractivity (Wildman–Crippen MR) is 54.0 cm³/mol. The van der Waals surface area contributed by atoms with Gasteiger partial charge in [0.2, 0.25) is 0 Å². The van der Waals surface area contributed by atoms with Gasteiger partial charge in [-0.1, -0.05) is 11.3 Å². The van der Waals surface area contributed by atoms with Gasteiger partial charge >= 0.3 is 5.00 Å². The Morgan fingerprint density at radius 1 is 1.47 bits per heavy atom. The number of rotatable bonds is 3. The van der Waals surface area contributed by atoms with E-state index < -0.39 is 4.92 Å². The molecule has 0 atom stereocenters. The normalized spacial score (nSPS) is 10.9. The SMILES string of the molecule is O=[N+]([O-])c1ccc(C=Nn2cnnc2)s1. The lowest BCUT2D eigenvalue weighted by Gasteiger charge is -1.85. The number of hydrogen-bond donors (Lipinski definition) is 0. The molecule has 7 nitrogen and oxygen atoms in total. The molecule has 0 bridgehead atoms. The third-order valence-corrected chi connectivity index (χ3v) is 2.49. The fraction of sp³-hybridized carbons (Fsp3) is 0. The zero-order chi connectivity index (χ0) is 10.7. The third-order valence-electron chi connectivity index (χ3n) is 1.52. The number of hydrogen-bond acceptors (Lipinski definition) is 6. The molecule has 0 unspecified atom stereocenters. The van der Waals surface area contributed by atoms with Crippen molar-refractivity contribution in [2.45, 2.75) is 0 Å². The molecule has 76 valence electrons. The maximum atomic E-state index is 10.4. The van der Waals surface area contributed by atoms with Crippen LogP contribution in [-0.2, 0) is 0 Å². The minimum Gasteiger partial charge on any atom is -0.258 e. The predicted octanol–water partition coefficient (Wildman–Crippen LogP) is 1.13. The summed E-state index contributed by atoms with van der Waals surface area (Å²) in [7, 11) is 0. The first-order chi connectivity index (χ1) is 7.25. The molecule has 0 N–H and O–H groups in total. The van der Waals surface area contributed by atoms with Crippen LogP contribution >= 0.6 is 11.3 Å². The molecule has 15 heavy (non-hydrogen) atoms. The lowest BCUT2D eigenvalue weighted by Crippen LogP contribution is -1.84. The van der Waals surface area contributed by atoms with Crippen LogP contribution in [-0.4, -0.2) is 26.0 Å². The Morgan fingerprint density at radius 3 is 2.80 bits per heavy atom. The molecule has 2 aromatic rings. The molecule has 0 aliphatic carbocycles. The molecule has 0 spiro atoms. The van der Waals surface area contributed by atoms with Gasteiger partial charge in [0.1, 0.15) is 12.7 Å². The van der Waals surface area contributed by atoms with Crippen LogP contribution in [0.15, 0.2) is 29.9 Å². The molecular formula is C7H5N5O2S. The molecule has 2 rings (SSSR count). The first-order valence-electron chi connectivity index (χ1n) is 3.89. The van der Waals surface area contributed by atoms with Crippen LogP contribution in [0.25, 0.3) is 0 Å². The molecule has 0 saturated carbocycles. The molecule has 0 radical (unpaired) electrons. The second kappa shape index (κ2) is 3.96. The van der Waals surface area contributed by atoms with Gasteiger partial charge in [-0.15, -0.1) is 10.2 Å². The van der Waals surface area contributed by atoms with Crippen molar-refractivity contribution in [2.24, 2.45) is 5.10 Å². The van der Waals surface area contributed by atoms with E-state index in [-0.39, 0.29) is 5.00 Å². The van der Waals surface area contributed by atoms with E-state index >= 15 is 0 Å². The Morgan fingerprint density at radius 2 is 2.20 bits per heavy atom. The Hall–Kier alpha value is -2.09. The van der Waals surface area contributed by atoms with Crippen molar-refractivity contribution in [1.29, 1.82) is 0 Å². The van der Waals surface area contributed by atoms with Gasteiger partial charge in [0.15, 0.2) is 0 Å². The van der Waals surface area contributed by atoms with Gasteiger partial charge in [-0.25, -0.2) is 4.68 Å². The molecule has 0 aromatic carbocycles. The smallest absolute Gasteiger partial charge is 0.258 e. The fourth-order valence-corrected chi connectivity index (χ4v) is 1.58. The summed E-state index contributed by atoms with van der Waals surface area (Å²) in [6.07, 6.45) is 4.37. The van der Waals surface area contributed by atoms with E-state index in [1.54, 1.807) is 6.07 Å². The van der Waals surface area contributed by atoms with Crippen LogP contribution in [0, 0.1) is 10.1 Å². The summed E-state index contributed by atoms with van der Waals surface area (Å²) < 4.78 is 1.41. The molecule has 2 aromatic heterocycles. The Kier molecular flexibility index (Phi) is 2.50. The van der Waals surface area contributed by atoms with Gasteiger partial charge in [0, 0.05) is 6.07 Å². The fourth-order valence-electron chi connectivity index (χ4n) is 0.888. The lowest BCUT2D eigenvalue weighted by atomic mass is 10.5. The summed E-state index contributed by atoms with van der Waals surface area (Å²) in [5.41, 5.74) is 0. The van der Waals surface area contributed by atoms with Gasteiger partial charge in [-0.3, -0.25) is 10.1 Å². The van der Waals surface area contributed by atoms with Crippen molar-refractivity contribution < 1.29 is 4.92 Å². The zero-order valence-electron chi connectivity index (χ0n) is 7.35. The van der Waals surface area contributed by atoms with E-state index in [9.17, 15) is 10.1 Å². The average molecular weight is 223 g/mol. The van der Waals surface area contributed by atoms with Crippen molar-refractivity contribution in [3.63, 3.8) is 0 Å². The largest absolute Gasteiger partial charge is 0.324 e. The van der Waals surface area contributed by atoms with Crippen LogP contribution in [0.3, 0.4) is 0 Å². The highest BCUT2D eigenvalue weighted by atomic mass is 32.1. The Labute approximate surface area is 87.8 Å². The number of thiophene rings is 1. The van der Waals surface area contributed by atoms with E-state index in [2.05, 4.69) is 15.3 Å².